The molecule has 1 atom stereocenters. The summed E-state index contributed by atoms with van der Waals surface area (Å²) in [7, 11) is 0. The maximum absolute atomic E-state index is 13.0. The van der Waals surface area contributed by atoms with Gasteiger partial charge < -0.3 is 20.9 Å². The van der Waals surface area contributed by atoms with Crippen molar-refractivity contribution in [1.29, 1.82) is 0 Å². The van der Waals surface area contributed by atoms with Crippen LogP contribution in [0.4, 0.5) is 17.1 Å². The molecule has 0 aromatic heterocycles. The van der Waals surface area contributed by atoms with Crippen LogP contribution in [0.1, 0.15) is 56.3 Å². The fraction of sp³-hybridized carbons (Fsp3) is 0.400. The number of carbonyl (C=O) groups is 3. The van der Waals surface area contributed by atoms with Crippen molar-refractivity contribution in [3.05, 3.63) is 54.1 Å². The van der Waals surface area contributed by atoms with E-state index >= 15 is 0 Å². The fourth-order valence-corrected chi connectivity index (χ4v) is 3.81. The maximum atomic E-state index is 13.0. The summed E-state index contributed by atoms with van der Waals surface area (Å²) in [6.45, 7) is 5.55. The van der Waals surface area contributed by atoms with Gasteiger partial charge in [-0.3, -0.25) is 14.4 Å². The van der Waals surface area contributed by atoms with Crippen LogP contribution in [0.25, 0.3) is 0 Å². The third-order valence-corrected chi connectivity index (χ3v) is 5.52. The molecule has 0 aliphatic carbocycles. The van der Waals surface area contributed by atoms with Gasteiger partial charge in [0.05, 0.1) is 0 Å². The van der Waals surface area contributed by atoms with Crippen molar-refractivity contribution in [3.8, 4) is 0 Å². The molecule has 1 aliphatic heterocycles. The molecule has 3 amide bonds. The van der Waals surface area contributed by atoms with Crippen LogP contribution in [0, 0.1) is 0 Å². The van der Waals surface area contributed by atoms with Crippen molar-refractivity contribution >= 4 is 34.8 Å². The van der Waals surface area contributed by atoms with Gasteiger partial charge in [-0.1, -0.05) is 25.8 Å². The van der Waals surface area contributed by atoms with Crippen LogP contribution in [0.3, 0.4) is 0 Å². The number of hydrogen-bond acceptors (Lipinski definition) is 4. The Morgan fingerprint density at radius 1 is 0.969 bits per heavy atom. The largest absolute Gasteiger partial charge is 0.371 e. The van der Waals surface area contributed by atoms with E-state index in [2.05, 4.69) is 33.8 Å². The number of hydrogen-bond donors (Lipinski definition) is 3. The van der Waals surface area contributed by atoms with Crippen LogP contribution in [0.5, 0.6) is 0 Å². The Morgan fingerprint density at radius 3 is 2.34 bits per heavy atom. The Balaban J connectivity index is 1.66. The first-order chi connectivity index (χ1) is 15.5. The van der Waals surface area contributed by atoms with Crippen LogP contribution in [0.15, 0.2) is 48.5 Å². The summed E-state index contributed by atoms with van der Waals surface area (Å²) in [5.41, 5.74) is 2.89. The molecule has 1 aliphatic rings. The van der Waals surface area contributed by atoms with Gasteiger partial charge in [-0.05, 0) is 61.7 Å². The quantitative estimate of drug-likeness (QED) is 0.550. The first-order valence-corrected chi connectivity index (χ1v) is 11.3. The van der Waals surface area contributed by atoms with E-state index < -0.39 is 6.04 Å². The number of amides is 3. The zero-order valence-electron chi connectivity index (χ0n) is 18.8. The van der Waals surface area contributed by atoms with Crippen LogP contribution < -0.4 is 20.9 Å². The van der Waals surface area contributed by atoms with E-state index in [9.17, 15) is 14.4 Å². The van der Waals surface area contributed by atoms with E-state index in [1.807, 2.05) is 18.2 Å². The highest BCUT2D eigenvalue weighted by atomic mass is 16.2. The number of rotatable bonds is 9. The third-order valence-electron chi connectivity index (χ3n) is 5.52. The van der Waals surface area contributed by atoms with Crippen molar-refractivity contribution < 1.29 is 14.4 Å². The minimum Gasteiger partial charge on any atom is -0.371 e. The van der Waals surface area contributed by atoms with Crippen LogP contribution >= 0.6 is 0 Å². The molecule has 1 fully saturated rings. The predicted octanol–water partition coefficient (Wildman–Crippen LogP) is 4.17. The molecule has 1 saturated heterocycles. The van der Waals surface area contributed by atoms with Crippen molar-refractivity contribution in [2.75, 3.05) is 28.6 Å². The molecule has 3 rings (SSSR count). The monoisotopic (exact) mass is 436 g/mol. The molecule has 2 aromatic rings. The Morgan fingerprint density at radius 2 is 1.69 bits per heavy atom. The lowest BCUT2D eigenvalue weighted by Crippen LogP contribution is -2.43. The molecule has 0 radical (unpaired) electrons. The van der Waals surface area contributed by atoms with Crippen LogP contribution in [-0.4, -0.2) is 36.9 Å². The zero-order valence-corrected chi connectivity index (χ0v) is 18.8. The lowest BCUT2D eigenvalue weighted by atomic mass is 10.1. The van der Waals surface area contributed by atoms with Gasteiger partial charge in [-0.25, -0.2) is 0 Å². The minimum absolute atomic E-state index is 0.174. The second kappa shape index (κ2) is 11.3. The lowest BCUT2D eigenvalue weighted by molar-refractivity contribution is -0.118. The minimum atomic E-state index is -0.632. The second-order valence-electron chi connectivity index (χ2n) is 8.16. The molecule has 3 N–H and O–H groups in total. The number of anilines is 3. The zero-order chi connectivity index (χ0) is 22.9. The standard InChI is InChI=1S/C25H32N4O3/c1-3-4-10-23(28-24(31)19-11-13-20(14-12-19)26-18(2)30)25(32)27-21-8-7-9-22(17-21)29-15-5-6-16-29/h7-9,11-14,17,23H,3-6,10,15-16H2,1-2H3,(H,26,30)(H,27,32)(H,28,31). The normalized spacial score (nSPS) is 14.0. The first-order valence-electron chi connectivity index (χ1n) is 11.3. The predicted molar refractivity (Wildman–Crippen MR) is 128 cm³/mol. The Labute approximate surface area is 189 Å². The highest BCUT2D eigenvalue weighted by Gasteiger charge is 2.22. The number of nitrogens with zero attached hydrogens (tertiary/aromatic N) is 1. The Kier molecular flexibility index (Phi) is 8.25. The number of unbranched alkanes of at least 4 members (excludes halogenated alkanes) is 1. The Bertz CT molecular complexity index is 936. The highest BCUT2D eigenvalue weighted by Crippen LogP contribution is 2.23. The summed E-state index contributed by atoms with van der Waals surface area (Å²) in [4.78, 5) is 39.2. The molecule has 0 spiro atoms. The van der Waals surface area contributed by atoms with Gasteiger partial charge >= 0.3 is 0 Å². The highest BCUT2D eigenvalue weighted by molar-refractivity contribution is 6.01. The van der Waals surface area contributed by atoms with Crippen LogP contribution in [-0.2, 0) is 9.59 Å². The summed E-state index contributed by atoms with van der Waals surface area (Å²) in [6, 6.07) is 13.8. The first kappa shape index (κ1) is 23.3. The average molecular weight is 437 g/mol. The summed E-state index contributed by atoms with van der Waals surface area (Å²) in [5, 5.41) is 8.52. The van der Waals surface area contributed by atoms with Crippen molar-refractivity contribution in [3.63, 3.8) is 0 Å². The summed E-state index contributed by atoms with van der Waals surface area (Å²) < 4.78 is 0. The van der Waals surface area contributed by atoms with Gasteiger partial charge in [0.25, 0.3) is 5.91 Å². The van der Waals surface area contributed by atoms with E-state index in [1.165, 1.54) is 19.8 Å². The molecule has 1 heterocycles. The van der Waals surface area contributed by atoms with Crippen molar-refractivity contribution in [1.82, 2.24) is 5.32 Å². The van der Waals surface area contributed by atoms with Gasteiger partial charge in [-0.2, -0.15) is 0 Å². The summed E-state index contributed by atoms with van der Waals surface area (Å²) >= 11 is 0. The fourth-order valence-electron chi connectivity index (χ4n) is 3.81. The molecule has 7 nitrogen and oxygen atoms in total. The summed E-state index contributed by atoms with van der Waals surface area (Å²) in [5.74, 6) is -0.714. The van der Waals surface area contributed by atoms with E-state index in [4.69, 9.17) is 0 Å². The van der Waals surface area contributed by atoms with E-state index in [1.54, 1.807) is 24.3 Å². The SMILES string of the molecule is CCCCC(NC(=O)c1ccc(NC(C)=O)cc1)C(=O)Nc1cccc(N2CCCC2)c1. The lowest BCUT2D eigenvalue weighted by Gasteiger charge is -2.21. The number of benzene rings is 2. The molecule has 170 valence electrons. The number of carbonyl (C=O) groups excluding carboxylic acids is 3. The second-order valence-corrected chi connectivity index (χ2v) is 8.16. The third kappa shape index (κ3) is 6.57. The smallest absolute Gasteiger partial charge is 0.251 e. The van der Waals surface area contributed by atoms with E-state index in [-0.39, 0.29) is 17.7 Å². The van der Waals surface area contributed by atoms with Crippen LogP contribution in [0.2, 0.25) is 0 Å². The molecule has 0 bridgehead atoms. The number of nitrogens with one attached hydrogen (secondary N) is 3. The van der Waals surface area contributed by atoms with Gasteiger partial charge in [0.15, 0.2) is 0 Å². The molecule has 1 unspecified atom stereocenters. The Hall–Kier alpha value is -3.35. The molecule has 0 saturated carbocycles. The van der Waals surface area contributed by atoms with Crippen molar-refractivity contribution in [2.45, 2.75) is 52.0 Å². The maximum Gasteiger partial charge on any atom is 0.251 e. The van der Waals surface area contributed by atoms with Gasteiger partial charge in [-0.15, -0.1) is 0 Å². The molecule has 2 aromatic carbocycles. The van der Waals surface area contributed by atoms with Crippen molar-refractivity contribution in [2.24, 2.45) is 0 Å². The van der Waals surface area contributed by atoms with E-state index in [0.717, 1.165) is 37.3 Å². The average Bonchev–Trinajstić information content (AvgIpc) is 3.32. The summed E-state index contributed by atoms with van der Waals surface area (Å²) in [6.07, 6.45) is 4.69. The van der Waals surface area contributed by atoms with Gasteiger partial charge in [0.2, 0.25) is 11.8 Å². The van der Waals surface area contributed by atoms with Gasteiger partial charge in [0, 0.05) is 42.6 Å². The molecule has 32 heavy (non-hydrogen) atoms. The topological polar surface area (TPSA) is 90.5 Å². The molecular formula is C25H32N4O3. The molecule has 7 heteroatoms. The van der Waals surface area contributed by atoms with E-state index in [0.29, 0.717) is 17.7 Å². The van der Waals surface area contributed by atoms with Gasteiger partial charge in [0.1, 0.15) is 6.04 Å². The molecular weight excluding hydrogens is 404 g/mol.